The van der Waals surface area contributed by atoms with Crippen LogP contribution in [0, 0.1) is 0 Å². The highest BCUT2D eigenvalue weighted by atomic mass is 16.3. The van der Waals surface area contributed by atoms with E-state index in [1.54, 1.807) is 0 Å². The fraction of sp³-hybridized carbons (Fsp3) is 0.625. The highest BCUT2D eigenvalue weighted by molar-refractivity contribution is 5.57. The first-order chi connectivity index (χ1) is 14.7. The lowest BCUT2D eigenvalue weighted by Crippen LogP contribution is -2.29. The van der Waals surface area contributed by atoms with E-state index < -0.39 is 0 Å². The number of aliphatic hydroxyl groups excluding tert-OH is 1. The van der Waals surface area contributed by atoms with Crippen molar-refractivity contribution >= 4 is 17.5 Å². The molecule has 3 aliphatic carbocycles. The second kappa shape index (κ2) is 8.88. The van der Waals surface area contributed by atoms with Gasteiger partial charge in [-0.1, -0.05) is 19.3 Å². The molecule has 0 aromatic carbocycles. The first-order valence-corrected chi connectivity index (χ1v) is 11.8. The van der Waals surface area contributed by atoms with Crippen LogP contribution in [0.4, 0.5) is 17.5 Å². The molecule has 2 aromatic rings. The van der Waals surface area contributed by atoms with Gasteiger partial charge in [0, 0.05) is 41.3 Å². The maximum atomic E-state index is 9.86. The quantitative estimate of drug-likeness (QED) is 0.606. The van der Waals surface area contributed by atoms with E-state index in [0.29, 0.717) is 23.8 Å². The van der Waals surface area contributed by atoms with Crippen molar-refractivity contribution in [3.63, 3.8) is 0 Å². The van der Waals surface area contributed by atoms with E-state index in [1.807, 2.05) is 18.5 Å². The second-order valence-electron chi connectivity index (χ2n) is 9.35. The van der Waals surface area contributed by atoms with Gasteiger partial charge in [0.1, 0.15) is 5.82 Å². The zero-order valence-corrected chi connectivity index (χ0v) is 17.7. The monoisotopic (exact) mass is 407 g/mol. The van der Waals surface area contributed by atoms with Crippen LogP contribution < -0.4 is 10.6 Å². The Balaban J connectivity index is 1.37. The van der Waals surface area contributed by atoms with Gasteiger partial charge in [0.05, 0.1) is 6.10 Å². The number of nitrogens with zero attached hydrogens (tertiary/aromatic N) is 3. The summed E-state index contributed by atoms with van der Waals surface area (Å²) in [7, 11) is 0. The molecule has 0 saturated heterocycles. The third-order valence-electron chi connectivity index (χ3n) is 6.93. The van der Waals surface area contributed by atoms with Crippen LogP contribution in [0.3, 0.4) is 0 Å². The van der Waals surface area contributed by atoms with Crippen molar-refractivity contribution in [1.29, 1.82) is 0 Å². The Morgan fingerprint density at radius 3 is 2.43 bits per heavy atom. The number of hydrogen-bond donors (Lipinski definition) is 3. The van der Waals surface area contributed by atoms with Gasteiger partial charge in [0.15, 0.2) is 0 Å². The van der Waals surface area contributed by atoms with Crippen molar-refractivity contribution in [2.75, 3.05) is 10.6 Å². The van der Waals surface area contributed by atoms with Crippen molar-refractivity contribution in [1.82, 2.24) is 15.0 Å². The molecule has 0 aliphatic heterocycles. The molecule has 5 rings (SSSR count). The van der Waals surface area contributed by atoms with E-state index in [2.05, 4.69) is 26.7 Å². The van der Waals surface area contributed by atoms with E-state index in [9.17, 15) is 5.11 Å². The summed E-state index contributed by atoms with van der Waals surface area (Å²) in [4.78, 5) is 14.1. The normalized spacial score (nSPS) is 25.1. The summed E-state index contributed by atoms with van der Waals surface area (Å²) in [5, 5.41) is 17.0. The number of rotatable bonds is 6. The molecular formula is C24H33N5O. The molecular weight excluding hydrogens is 374 g/mol. The second-order valence-corrected chi connectivity index (χ2v) is 9.35. The Hall–Kier alpha value is -2.21. The van der Waals surface area contributed by atoms with Gasteiger partial charge in [0.2, 0.25) is 5.95 Å². The minimum Gasteiger partial charge on any atom is -0.393 e. The Kier molecular flexibility index (Phi) is 5.84. The molecule has 0 amide bonds. The van der Waals surface area contributed by atoms with E-state index in [-0.39, 0.29) is 6.10 Å². The van der Waals surface area contributed by atoms with E-state index >= 15 is 0 Å². The molecule has 3 N–H and O–H groups in total. The largest absolute Gasteiger partial charge is 0.393 e. The van der Waals surface area contributed by atoms with Crippen LogP contribution in [-0.4, -0.2) is 32.2 Å². The number of aliphatic hydroxyl groups is 1. The first kappa shape index (κ1) is 19.7. The van der Waals surface area contributed by atoms with Crippen LogP contribution in [0.25, 0.3) is 0 Å². The molecule has 6 nitrogen and oxygen atoms in total. The Labute approximate surface area is 178 Å². The first-order valence-electron chi connectivity index (χ1n) is 11.8. The van der Waals surface area contributed by atoms with Gasteiger partial charge >= 0.3 is 0 Å². The van der Waals surface area contributed by atoms with Crippen molar-refractivity contribution in [3.05, 3.63) is 35.8 Å². The molecule has 3 aliphatic rings. The number of nitrogens with one attached hydrogen (secondary N) is 2. The van der Waals surface area contributed by atoms with Gasteiger partial charge in [-0.15, -0.1) is 0 Å². The minimum absolute atomic E-state index is 0.143. The van der Waals surface area contributed by atoms with Gasteiger partial charge in [0.25, 0.3) is 0 Å². The molecule has 0 bridgehead atoms. The smallest absolute Gasteiger partial charge is 0.229 e. The molecule has 2 heterocycles. The van der Waals surface area contributed by atoms with Crippen LogP contribution in [0.5, 0.6) is 0 Å². The number of aromatic nitrogens is 3. The number of pyridine rings is 1. The Morgan fingerprint density at radius 2 is 1.67 bits per heavy atom. The van der Waals surface area contributed by atoms with Crippen LogP contribution in [0.1, 0.15) is 93.7 Å². The zero-order chi connectivity index (χ0) is 20.3. The third kappa shape index (κ3) is 4.75. The van der Waals surface area contributed by atoms with E-state index in [1.165, 1.54) is 50.5 Å². The Bertz CT molecular complexity index is 854. The lowest BCUT2D eigenvalue weighted by Gasteiger charge is -2.29. The molecule has 3 fully saturated rings. The molecule has 2 aromatic heterocycles. The van der Waals surface area contributed by atoms with E-state index in [4.69, 9.17) is 4.98 Å². The zero-order valence-electron chi connectivity index (χ0n) is 17.7. The fourth-order valence-electron chi connectivity index (χ4n) is 4.95. The predicted octanol–water partition coefficient (Wildman–Crippen LogP) is 5.26. The average molecular weight is 408 g/mol. The topological polar surface area (TPSA) is 83.0 Å². The van der Waals surface area contributed by atoms with Crippen LogP contribution in [-0.2, 0) is 0 Å². The molecule has 0 radical (unpaired) electrons. The highest BCUT2D eigenvalue weighted by Gasteiger charge is 2.26. The fourth-order valence-corrected chi connectivity index (χ4v) is 4.95. The lowest BCUT2D eigenvalue weighted by molar-refractivity contribution is 0.126. The average Bonchev–Trinajstić information content (AvgIpc) is 3.62. The highest BCUT2D eigenvalue weighted by Crippen LogP contribution is 2.40. The van der Waals surface area contributed by atoms with Crippen molar-refractivity contribution in [2.24, 2.45) is 0 Å². The lowest BCUT2D eigenvalue weighted by atomic mass is 9.84. The summed E-state index contributed by atoms with van der Waals surface area (Å²) in [6.45, 7) is 0. The summed E-state index contributed by atoms with van der Waals surface area (Å²) >= 11 is 0. The third-order valence-corrected chi connectivity index (χ3v) is 6.93. The molecule has 0 spiro atoms. The van der Waals surface area contributed by atoms with Gasteiger partial charge in [-0.3, -0.25) is 4.98 Å². The van der Waals surface area contributed by atoms with Gasteiger partial charge in [-0.05, 0) is 69.4 Å². The summed E-state index contributed by atoms with van der Waals surface area (Å²) in [5.74, 6) is 2.80. The van der Waals surface area contributed by atoms with Crippen molar-refractivity contribution in [3.8, 4) is 0 Å². The number of hydrogen-bond acceptors (Lipinski definition) is 6. The van der Waals surface area contributed by atoms with Gasteiger partial charge in [-0.2, -0.15) is 4.98 Å². The summed E-state index contributed by atoms with van der Waals surface area (Å²) in [5.41, 5.74) is 3.43. The molecule has 0 unspecified atom stereocenters. The standard InChI is InChI=1S/C24H33N5O/c30-20-10-8-18(9-11-20)27-23-21(16-4-2-1-3-5-16)15-26-24(29-23)28-19-12-13-25-22(14-19)17-6-7-17/h12-18,20,30H,1-11H2,(H2,25,26,27,28,29). The van der Waals surface area contributed by atoms with Crippen molar-refractivity contribution in [2.45, 2.75) is 94.6 Å². The summed E-state index contributed by atoms with van der Waals surface area (Å²) < 4.78 is 0. The maximum absolute atomic E-state index is 9.86. The van der Waals surface area contributed by atoms with E-state index in [0.717, 1.165) is 42.9 Å². The van der Waals surface area contributed by atoms with Gasteiger partial charge < -0.3 is 15.7 Å². The molecule has 30 heavy (non-hydrogen) atoms. The molecule has 3 saturated carbocycles. The summed E-state index contributed by atoms with van der Waals surface area (Å²) in [6, 6.07) is 4.49. The summed E-state index contributed by atoms with van der Waals surface area (Å²) in [6.07, 6.45) is 16.4. The SMILES string of the molecule is OC1CCC(Nc2nc(Nc3ccnc(C4CC4)c3)ncc2C2CCCCC2)CC1. The van der Waals surface area contributed by atoms with Crippen LogP contribution >= 0.6 is 0 Å². The number of anilines is 3. The molecule has 6 heteroatoms. The molecule has 160 valence electrons. The predicted molar refractivity (Wildman–Crippen MR) is 119 cm³/mol. The molecule has 0 atom stereocenters. The Morgan fingerprint density at radius 1 is 0.867 bits per heavy atom. The maximum Gasteiger partial charge on any atom is 0.229 e. The van der Waals surface area contributed by atoms with Crippen LogP contribution in [0.2, 0.25) is 0 Å². The van der Waals surface area contributed by atoms with Gasteiger partial charge in [-0.25, -0.2) is 4.98 Å². The minimum atomic E-state index is -0.143. The van der Waals surface area contributed by atoms with Crippen LogP contribution in [0.15, 0.2) is 24.5 Å². The van der Waals surface area contributed by atoms with Crippen molar-refractivity contribution < 1.29 is 5.11 Å².